The van der Waals surface area contributed by atoms with Gasteiger partial charge in [0.25, 0.3) is 5.91 Å². The van der Waals surface area contributed by atoms with Crippen molar-refractivity contribution in [2.45, 2.75) is 31.0 Å². The normalized spacial score (nSPS) is 21.2. The Labute approximate surface area is 190 Å². The zero-order chi connectivity index (χ0) is 22.7. The minimum absolute atomic E-state index is 0.218. The zero-order valence-corrected chi connectivity index (χ0v) is 18.6. The van der Waals surface area contributed by atoms with Crippen molar-refractivity contribution in [2.24, 2.45) is 0 Å². The molecule has 1 aliphatic carbocycles. The molecule has 0 aromatic carbocycles. The highest BCUT2D eigenvalue weighted by Crippen LogP contribution is 2.34. The number of hydrogen-bond acceptors (Lipinski definition) is 7. The van der Waals surface area contributed by atoms with Crippen LogP contribution in [0.5, 0.6) is 0 Å². The number of aromatic nitrogens is 5. The summed E-state index contributed by atoms with van der Waals surface area (Å²) in [7, 11) is 3.93. The molecule has 2 fully saturated rings. The predicted molar refractivity (Wildman–Crippen MR) is 124 cm³/mol. The van der Waals surface area contributed by atoms with Gasteiger partial charge in [-0.2, -0.15) is 9.61 Å². The Hall–Kier alpha value is -3.50. The Morgan fingerprint density at radius 2 is 2.09 bits per heavy atom. The lowest BCUT2D eigenvalue weighted by Gasteiger charge is -2.37. The van der Waals surface area contributed by atoms with Gasteiger partial charge >= 0.3 is 0 Å². The van der Waals surface area contributed by atoms with Crippen molar-refractivity contribution in [3.63, 3.8) is 0 Å². The molecule has 0 spiro atoms. The van der Waals surface area contributed by atoms with E-state index < -0.39 is 6.10 Å². The first kappa shape index (κ1) is 20.1. The number of likely N-dealkylation sites (tertiary alicyclic amines) is 1. The number of aliphatic hydroxyl groups is 1. The lowest BCUT2D eigenvalue weighted by atomic mass is 9.89. The molecule has 10 nitrogen and oxygen atoms in total. The molecule has 33 heavy (non-hydrogen) atoms. The zero-order valence-electron chi connectivity index (χ0n) is 18.6. The Balaban J connectivity index is 1.46. The number of hydrogen-bond donors (Lipinski definition) is 3. The van der Waals surface area contributed by atoms with Gasteiger partial charge in [0.1, 0.15) is 17.0 Å². The van der Waals surface area contributed by atoms with Gasteiger partial charge in [-0.05, 0) is 32.0 Å². The Morgan fingerprint density at radius 3 is 2.79 bits per heavy atom. The van der Waals surface area contributed by atoms with Gasteiger partial charge < -0.3 is 25.2 Å². The lowest BCUT2D eigenvalue weighted by Crippen LogP contribution is -2.50. The molecular formula is C23H26N8O2. The van der Waals surface area contributed by atoms with Crippen LogP contribution in [0, 0.1) is 0 Å². The first-order valence-electron chi connectivity index (χ1n) is 11.2. The van der Waals surface area contributed by atoms with Crippen LogP contribution in [0.3, 0.4) is 0 Å². The fourth-order valence-electron chi connectivity index (χ4n) is 4.74. The van der Waals surface area contributed by atoms with E-state index in [2.05, 4.69) is 49.5 Å². The quantitative estimate of drug-likeness (QED) is 0.426. The van der Waals surface area contributed by atoms with Crippen LogP contribution in [-0.4, -0.2) is 79.4 Å². The van der Waals surface area contributed by atoms with Crippen molar-refractivity contribution < 1.29 is 9.90 Å². The largest absolute Gasteiger partial charge is 0.391 e. The summed E-state index contributed by atoms with van der Waals surface area (Å²) in [5, 5.41) is 21.3. The molecule has 1 saturated heterocycles. The summed E-state index contributed by atoms with van der Waals surface area (Å²) in [4.78, 5) is 24.7. The molecule has 5 heterocycles. The van der Waals surface area contributed by atoms with Gasteiger partial charge in [0.05, 0.1) is 30.1 Å². The summed E-state index contributed by atoms with van der Waals surface area (Å²) in [5.41, 5.74) is 3.50. The first-order chi connectivity index (χ1) is 16.0. The highest BCUT2D eigenvalue weighted by molar-refractivity contribution is 6.01. The maximum atomic E-state index is 12.9. The summed E-state index contributed by atoms with van der Waals surface area (Å²) in [5.74, 6) is 0.452. The van der Waals surface area contributed by atoms with Crippen LogP contribution in [0.25, 0.3) is 27.9 Å². The number of amides is 1. The fourth-order valence-corrected chi connectivity index (χ4v) is 4.74. The maximum Gasteiger partial charge on any atom is 0.257 e. The van der Waals surface area contributed by atoms with Crippen molar-refractivity contribution in [1.29, 1.82) is 0 Å². The second-order valence-electron chi connectivity index (χ2n) is 8.99. The molecule has 2 atom stereocenters. The number of fused-ring (bicyclic) bond motifs is 2. The summed E-state index contributed by atoms with van der Waals surface area (Å²) in [6, 6.07) is 6.09. The third-order valence-electron chi connectivity index (χ3n) is 6.83. The molecule has 0 bridgehead atoms. The summed E-state index contributed by atoms with van der Waals surface area (Å²) in [6.07, 6.45) is 6.46. The molecular weight excluding hydrogens is 420 g/mol. The number of nitrogens with one attached hydrogen (secondary N) is 2. The van der Waals surface area contributed by atoms with E-state index in [-0.39, 0.29) is 11.9 Å². The highest BCUT2D eigenvalue weighted by atomic mass is 16.3. The molecule has 4 aromatic heterocycles. The minimum atomic E-state index is -0.489. The molecule has 0 unspecified atom stereocenters. The van der Waals surface area contributed by atoms with E-state index in [0.717, 1.165) is 47.6 Å². The minimum Gasteiger partial charge on any atom is -0.391 e. The second kappa shape index (κ2) is 7.53. The summed E-state index contributed by atoms with van der Waals surface area (Å²) >= 11 is 0. The molecule has 1 saturated carbocycles. The smallest absolute Gasteiger partial charge is 0.257 e. The van der Waals surface area contributed by atoms with Crippen molar-refractivity contribution >= 4 is 28.4 Å². The van der Waals surface area contributed by atoms with E-state index in [1.807, 2.05) is 25.4 Å². The van der Waals surface area contributed by atoms with Gasteiger partial charge in [-0.25, -0.2) is 9.97 Å². The van der Waals surface area contributed by atoms with Crippen LogP contribution >= 0.6 is 0 Å². The van der Waals surface area contributed by atoms with E-state index in [1.165, 1.54) is 6.20 Å². The van der Waals surface area contributed by atoms with Crippen LogP contribution in [0.15, 0.2) is 36.8 Å². The van der Waals surface area contributed by atoms with E-state index in [1.54, 1.807) is 4.52 Å². The second-order valence-corrected chi connectivity index (χ2v) is 8.99. The van der Waals surface area contributed by atoms with Gasteiger partial charge in [-0.1, -0.05) is 0 Å². The van der Waals surface area contributed by atoms with Crippen molar-refractivity contribution in [1.82, 2.24) is 34.4 Å². The predicted octanol–water partition coefficient (Wildman–Crippen LogP) is 1.53. The lowest BCUT2D eigenvalue weighted by molar-refractivity contribution is 0.0448. The molecule has 170 valence electrons. The van der Waals surface area contributed by atoms with Gasteiger partial charge in [-0.3, -0.25) is 4.79 Å². The van der Waals surface area contributed by atoms with Crippen LogP contribution in [0.1, 0.15) is 29.2 Å². The van der Waals surface area contributed by atoms with Gasteiger partial charge in [0, 0.05) is 49.5 Å². The number of aliphatic hydroxyl groups excluding tert-OH is 1. The third-order valence-corrected chi connectivity index (χ3v) is 6.83. The fraction of sp³-hybridized carbons (Fsp3) is 0.391. The number of rotatable bonds is 5. The van der Waals surface area contributed by atoms with Crippen molar-refractivity contribution in [3.8, 4) is 11.3 Å². The van der Waals surface area contributed by atoms with E-state index in [9.17, 15) is 9.90 Å². The summed E-state index contributed by atoms with van der Waals surface area (Å²) < 4.78 is 3.87. The first-order valence-corrected chi connectivity index (χ1v) is 11.2. The molecule has 6 rings (SSSR count). The van der Waals surface area contributed by atoms with Crippen molar-refractivity contribution in [3.05, 3.63) is 42.4 Å². The average Bonchev–Trinajstić information content (AvgIpc) is 3.40. The monoisotopic (exact) mass is 446 g/mol. The number of pyridine rings is 1. The number of anilines is 1. The number of nitrogens with zero attached hydrogens (tertiary/aromatic N) is 6. The topological polar surface area (TPSA) is 113 Å². The third kappa shape index (κ3) is 3.17. The summed E-state index contributed by atoms with van der Waals surface area (Å²) in [6.45, 7) is 1.96. The molecule has 2 aliphatic rings. The average molecular weight is 447 g/mol. The number of carbonyl (C=O) groups excluding carboxylic acids is 1. The van der Waals surface area contributed by atoms with Crippen molar-refractivity contribution in [2.75, 3.05) is 32.5 Å². The Morgan fingerprint density at radius 1 is 1.24 bits per heavy atom. The van der Waals surface area contributed by atoms with E-state index in [4.69, 9.17) is 4.98 Å². The van der Waals surface area contributed by atoms with Crippen LogP contribution in [0.2, 0.25) is 0 Å². The molecule has 1 aliphatic heterocycles. The van der Waals surface area contributed by atoms with Gasteiger partial charge in [0.2, 0.25) is 0 Å². The SMILES string of the molecule is CNc1cc(-c2cn(C3CN(C)C3)c3ncccc23)nc2c(C(=O)N[C@@H]3CC[C@H]3O)cnn12. The number of likely N-dealkylation sites (N-methyl/N-ethyl adjacent to an activating group) is 1. The number of carbonyl (C=O) groups is 1. The Kier molecular flexibility index (Phi) is 4.59. The molecule has 1 amide bonds. The molecule has 4 aromatic rings. The highest BCUT2D eigenvalue weighted by Gasteiger charge is 2.32. The molecule has 0 radical (unpaired) electrons. The van der Waals surface area contributed by atoms with Crippen LogP contribution in [-0.2, 0) is 0 Å². The van der Waals surface area contributed by atoms with Crippen LogP contribution < -0.4 is 10.6 Å². The molecule has 10 heteroatoms. The van der Waals surface area contributed by atoms with Crippen LogP contribution in [0.4, 0.5) is 5.82 Å². The van der Waals surface area contributed by atoms with E-state index >= 15 is 0 Å². The van der Waals surface area contributed by atoms with Gasteiger partial charge in [0.15, 0.2) is 5.65 Å². The maximum absolute atomic E-state index is 12.9. The Bertz CT molecular complexity index is 1370. The van der Waals surface area contributed by atoms with E-state index in [0.29, 0.717) is 23.7 Å². The van der Waals surface area contributed by atoms with Gasteiger partial charge in [-0.15, -0.1) is 0 Å². The standard InChI is InChI=1S/C23H26N8O2/c1-24-20-8-18(16-12-30(13-10-29(2)11-13)21-14(16)4-3-7-25-21)27-22-15(9-26-31(20)22)23(33)28-17-5-6-19(17)32/h3-4,7-9,12-13,17,19,24,32H,5-6,10-11H2,1-2H3,(H,28,33)/t17-,19-/m1/s1. The molecule has 3 N–H and O–H groups in total.